The van der Waals surface area contributed by atoms with Gasteiger partial charge in [0.05, 0.1) is 29.6 Å². The molecule has 0 fully saturated rings. The van der Waals surface area contributed by atoms with Crippen LogP contribution in [0.4, 0.5) is 0 Å². The molecular formula is C20H4Cl4I4Na2O5. The molecule has 4 rings (SSSR count). The van der Waals surface area contributed by atoms with Gasteiger partial charge in [0.15, 0.2) is 5.76 Å². The van der Waals surface area contributed by atoms with Crippen molar-refractivity contribution in [3.63, 3.8) is 0 Å². The van der Waals surface area contributed by atoms with Crippen LogP contribution in [0.1, 0.15) is 10.4 Å². The number of carboxylic acids is 1. The van der Waals surface area contributed by atoms with Crippen molar-refractivity contribution in [3.8, 4) is 22.5 Å². The van der Waals surface area contributed by atoms with Crippen molar-refractivity contribution in [1.82, 2.24) is 0 Å². The number of benzene rings is 2. The molecule has 0 radical (unpaired) electrons. The number of carboxylic acid groups (broad SMARTS) is 1. The van der Waals surface area contributed by atoms with Crippen LogP contribution in [0.25, 0.3) is 32.1 Å². The number of rotatable bonds is 2. The number of hydrogen-bond acceptors (Lipinski definition) is 5. The van der Waals surface area contributed by atoms with E-state index in [4.69, 9.17) is 50.8 Å². The average Bonchev–Trinajstić information content (AvgIpc) is 2.76. The van der Waals surface area contributed by atoms with Crippen LogP contribution in [0.2, 0.25) is 20.1 Å². The van der Waals surface area contributed by atoms with E-state index >= 15 is 0 Å². The Labute approximate surface area is 317 Å². The molecule has 172 valence electrons. The molecule has 1 aliphatic heterocycles. The summed E-state index contributed by atoms with van der Waals surface area (Å²) in [6.45, 7) is 0. The molecule has 0 saturated heterocycles. The summed E-state index contributed by atoms with van der Waals surface area (Å²) in [5, 5.41) is 24.5. The summed E-state index contributed by atoms with van der Waals surface area (Å²) < 4.78 is 6.61. The van der Waals surface area contributed by atoms with E-state index in [-0.39, 0.29) is 105 Å². The normalized spacial score (nSPS) is 16.8. The van der Waals surface area contributed by atoms with E-state index < -0.39 is 21.6 Å². The zero-order chi connectivity index (χ0) is 24.5. The minimum atomic E-state index is -1.62. The van der Waals surface area contributed by atoms with Gasteiger partial charge in [0.2, 0.25) is 5.43 Å². The fourth-order valence-corrected chi connectivity index (χ4v) is 8.47. The number of alkyl halides is 1. The second-order valence-electron chi connectivity index (χ2n) is 6.77. The first-order valence-electron chi connectivity index (χ1n) is 8.62. The number of halogens is 8. The summed E-state index contributed by atoms with van der Waals surface area (Å²) in [6.07, 6.45) is 0.555. The molecule has 1 heterocycles. The van der Waals surface area contributed by atoms with Crippen molar-refractivity contribution in [3.05, 3.63) is 59.7 Å². The first kappa shape index (κ1) is 34.1. The summed E-state index contributed by atoms with van der Waals surface area (Å²) in [5.41, 5.74) is 0.152. The standard InChI is InChI=1S/C20H5Cl4I4O5.2Na/c21-10-8(9(20(31)32)11(22)13(24)12(10)23)7-3-1-5(25)16(29)14(27)18(3)33-19-4(7)2-6(26)17(30)15(19)28;;/h1-2,5,16H,(H,31,32);;/q-1;2*+1/p-1. The van der Waals surface area contributed by atoms with E-state index in [0.717, 1.165) is 0 Å². The first-order chi connectivity index (χ1) is 15.4. The van der Waals surface area contributed by atoms with Crippen molar-refractivity contribution < 1.29 is 78.5 Å². The Morgan fingerprint density at radius 2 is 1.54 bits per heavy atom. The molecular weight excluding hydrogens is 1020 g/mol. The first-order valence-corrected chi connectivity index (χ1v) is 14.6. The minimum absolute atomic E-state index is 0. The predicted octanol–water partition coefficient (Wildman–Crippen LogP) is -1.52. The molecule has 0 saturated carbocycles. The molecule has 5 nitrogen and oxygen atoms in total. The van der Waals surface area contributed by atoms with Crippen molar-refractivity contribution in [2.24, 2.45) is 0 Å². The second kappa shape index (κ2) is 13.3. The van der Waals surface area contributed by atoms with E-state index in [1.54, 1.807) is 12.1 Å². The molecule has 3 aliphatic rings. The molecule has 35 heavy (non-hydrogen) atoms. The van der Waals surface area contributed by atoms with E-state index in [1.165, 1.54) is 0 Å². The average molecular weight is 1020 g/mol. The Kier molecular flexibility index (Phi) is 12.9. The third-order valence-corrected chi connectivity index (χ3v) is 10.6. The Balaban J connectivity index is 0.00000216. The summed E-state index contributed by atoms with van der Waals surface area (Å²) >= 11 is 32.9. The van der Waals surface area contributed by atoms with E-state index in [1.807, 2.05) is 90.4 Å². The largest absolute Gasteiger partial charge is 1.00 e. The zero-order valence-electron chi connectivity index (χ0n) is 17.4. The molecule has 1 aromatic rings. The summed E-state index contributed by atoms with van der Waals surface area (Å²) in [5.74, 6) is -1.44. The maximum Gasteiger partial charge on any atom is 1.00 e. The maximum absolute atomic E-state index is 12.8. The Morgan fingerprint density at radius 3 is 2.11 bits per heavy atom. The monoisotopic (exact) mass is 1020 g/mol. The van der Waals surface area contributed by atoms with Gasteiger partial charge in [-0.05, 0) is 73.8 Å². The van der Waals surface area contributed by atoms with Gasteiger partial charge >= 0.3 is 59.1 Å². The Hall–Kier alpha value is 2.90. The van der Waals surface area contributed by atoms with Gasteiger partial charge in [-0.15, -0.1) is 0 Å². The number of carbonyl (C=O) groups excluding carboxylic acids is 1. The van der Waals surface area contributed by atoms with Gasteiger partial charge in [0.25, 0.3) is 0 Å². The summed E-state index contributed by atoms with van der Waals surface area (Å²) in [7, 11) is 0. The third kappa shape index (κ3) is 5.95. The molecule has 2 atom stereocenters. The van der Waals surface area contributed by atoms with Gasteiger partial charge in [-0.25, -0.2) is 0 Å². The molecule has 0 spiro atoms. The van der Waals surface area contributed by atoms with Crippen LogP contribution in [0, 0.1) is 7.14 Å². The van der Waals surface area contributed by atoms with Gasteiger partial charge in [0, 0.05) is 35.0 Å². The Morgan fingerprint density at radius 1 is 0.971 bits per heavy atom. The predicted molar refractivity (Wildman–Crippen MR) is 160 cm³/mol. The summed E-state index contributed by atoms with van der Waals surface area (Å²) in [4.78, 5) is 24.9. The number of fused-ring (bicyclic) bond motifs is 2. The second-order valence-corrected chi connectivity index (χ2v) is 13.1. The molecule has 2 aliphatic carbocycles. The quantitative estimate of drug-likeness (QED) is 0.102. The van der Waals surface area contributed by atoms with Crippen LogP contribution >= 0.6 is 137 Å². The zero-order valence-corrected chi connectivity index (χ0v) is 33.0. The fourth-order valence-electron chi connectivity index (χ4n) is 3.46. The van der Waals surface area contributed by atoms with Crippen LogP contribution < -0.4 is 85.4 Å². The van der Waals surface area contributed by atoms with Gasteiger partial charge in [-0.1, -0.05) is 81.2 Å². The SMILES string of the molecule is O=C([O-])c1c(Cl)c(Cl)c(Cl)c(Cl)c1-c1c2cc(I)c(=O)c(I)c-2oc2c1=CC(I)C([O-])C=2I.[Na+].[Na+]. The van der Waals surface area contributed by atoms with Crippen LogP contribution in [0.15, 0.2) is 15.3 Å². The molecule has 1 aromatic carbocycles. The summed E-state index contributed by atoms with van der Waals surface area (Å²) in [6, 6.07) is 1.57. The van der Waals surface area contributed by atoms with Crippen LogP contribution in [-0.4, -0.2) is 16.0 Å². The van der Waals surface area contributed by atoms with Crippen molar-refractivity contribution in [1.29, 1.82) is 0 Å². The molecule has 0 aromatic heterocycles. The number of aromatic carboxylic acids is 1. The van der Waals surface area contributed by atoms with Crippen molar-refractivity contribution in [2.45, 2.75) is 10.0 Å². The minimum Gasteiger partial charge on any atom is -0.847 e. The van der Waals surface area contributed by atoms with Crippen LogP contribution in [0.3, 0.4) is 0 Å². The van der Waals surface area contributed by atoms with Gasteiger partial charge < -0.3 is 19.4 Å². The molecule has 0 N–H and O–H groups in total. The molecule has 2 unspecified atom stereocenters. The van der Waals surface area contributed by atoms with Crippen LogP contribution in [0.5, 0.6) is 0 Å². The molecule has 15 heteroatoms. The van der Waals surface area contributed by atoms with Gasteiger partial charge in [0.1, 0.15) is 8.99 Å². The van der Waals surface area contributed by atoms with Crippen molar-refractivity contribution >= 4 is 152 Å². The van der Waals surface area contributed by atoms with Crippen LogP contribution in [-0.2, 0) is 0 Å². The Bertz CT molecular complexity index is 1550. The molecule has 0 amide bonds. The maximum atomic E-state index is 12.8. The van der Waals surface area contributed by atoms with E-state index in [0.29, 0.717) is 23.5 Å². The van der Waals surface area contributed by atoms with Gasteiger partial charge in [-0.2, -0.15) is 0 Å². The molecule has 0 bridgehead atoms. The van der Waals surface area contributed by atoms with Crippen molar-refractivity contribution in [2.75, 3.05) is 0 Å². The van der Waals surface area contributed by atoms with E-state index in [9.17, 15) is 19.8 Å². The topological polar surface area (TPSA) is 93.4 Å². The number of hydrogen-bond donors (Lipinski definition) is 0. The number of carbonyl (C=O) groups is 1. The fraction of sp³-hybridized carbons (Fsp3) is 0.100. The van der Waals surface area contributed by atoms with Gasteiger partial charge in [-0.3, -0.25) is 4.79 Å². The smallest absolute Gasteiger partial charge is 0.847 e. The third-order valence-electron chi connectivity index (χ3n) is 4.92. The van der Waals surface area contributed by atoms with E-state index in [2.05, 4.69) is 0 Å².